The van der Waals surface area contributed by atoms with Gasteiger partial charge in [-0.2, -0.15) is 0 Å². The van der Waals surface area contributed by atoms with Crippen LogP contribution >= 0.6 is 0 Å². The second-order valence-electron chi connectivity index (χ2n) is 4.62. The first kappa shape index (κ1) is 13.6. The highest BCUT2D eigenvalue weighted by Gasteiger charge is 2.09. The molecule has 1 unspecified atom stereocenters. The molecule has 0 saturated carbocycles. The average Bonchev–Trinajstić information content (AvgIpc) is 2.41. The van der Waals surface area contributed by atoms with Gasteiger partial charge in [0.2, 0.25) is 0 Å². The van der Waals surface area contributed by atoms with E-state index in [1.165, 1.54) is 17.7 Å². The number of ether oxygens (including phenoxy) is 1. The Labute approximate surface area is 112 Å². The van der Waals surface area contributed by atoms with Gasteiger partial charge in [-0.15, -0.1) is 0 Å². The Morgan fingerprint density at radius 2 is 1.74 bits per heavy atom. The molecule has 1 N–H and O–H groups in total. The van der Waals surface area contributed by atoms with Gasteiger partial charge in [-0.25, -0.2) is 4.39 Å². The van der Waals surface area contributed by atoms with Crippen LogP contribution in [0.2, 0.25) is 0 Å². The third-order valence-corrected chi connectivity index (χ3v) is 3.14. The van der Waals surface area contributed by atoms with Crippen molar-refractivity contribution in [3.05, 3.63) is 65.0 Å². The molecule has 0 heterocycles. The van der Waals surface area contributed by atoms with Gasteiger partial charge in [0.15, 0.2) is 0 Å². The SMILES string of the molecule is Cc1ccc(C(O)COc2ccc(F)cc2)cc1C. The standard InChI is InChI=1S/C16H17FO2/c1-11-3-4-13(9-12(11)2)16(18)10-19-15-7-5-14(17)6-8-15/h3-9,16,18H,10H2,1-2H3. The van der Waals surface area contributed by atoms with Gasteiger partial charge in [0, 0.05) is 0 Å². The minimum Gasteiger partial charge on any atom is -0.491 e. The summed E-state index contributed by atoms with van der Waals surface area (Å²) in [6, 6.07) is 11.6. The lowest BCUT2D eigenvalue weighted by Crippen LogP contribution is -2.10. The zero-order chi connectivity index (χ0) is 13.8. The summed E-state index contributed by atoms with van der Waals surface area (Å²) in [6.07, 6.45) is -0.690. The fraction of sp³-hybridized carbons (Fsp3) is 0.250. The Morgan fingerprint density at radius 3 is 2.37 bits per heavy atom. The van der Waals surface area contributed by atoms with Gasteiger partial charge in [0.1, 0.15) is 24.3 Å². The predicted molar refractivity (Wildman–Crippen MR) is 72.8 cm³/mol. The average molecular weight is 260 g/mol. The van der Waals surface area contributed by atoms with E-state index in [0.717, 1.165) is 11.1 Å². The second-order valence-corrected chi connectivity index (χ2v) is 4.62. The molecule has 2 rings (SSSR count). The molecule has 0 spiro atoms. The third kappa shape index (κ3) is 3.55. The Kier molecular flexibility index (Phi) is 4.17. The van der Waals surface area contributed by atoms with Crippen molar-refractivity contribution in [1.29, 1.82) is 0 Å². The summed E-state index contributed by atoms with van der Waals surface area (Å²) < 4.78 is 18.2. The highest BCUT2D eigenvalue weighted by Crippen LogP contribution is 2.19. The maximum Gasteiger partial charge on any atom is 0.123 e. The predicted octanol–water partition coefficient (Wildman–Crippen LogP) is 3.55. The van der Waals surface area contributed by atoms with Crippen LogP contribution < -0.4 is 4.74 Å². The summed E-state index contributed by atoms with van der Waals surface area (Å²) in [4.78, 5) is 0. The van der Waals surface area contributed by atoms with Crippen LogP contribution in [0, 0.1) is 19.7 Å². The van der Waals surface area contributed by atoms with Crippen molar-refractivity contribution in [2.75, 3.05) is 6.61 Å². The minimum atomic E-state index is -0.690. The lowest BCUT2D eigenvalue weighted by Gasteiger charge is -2.14. The zero-order valence-corrected chi connectivity index (χ0v) is 11.1. The molecule has 0 bridgehead atoms. The van der Waals surface area contributed by atoms with Gasteiger partial charge in [-0.05, 0) is 54.8 Å². The highest BCUT2D eigenvalue weighted by atomic mass is 19.1. The molecule has 0 amide bonds. The first-order valence-corrected chi connectivity index (χ1v) is 6.20. The summed E-state index contributed by atoms with van der Waals surface area (Å²) in [6.45, 7) is 4.18. The molecule has 2 nitrogen and oxygen atoms in total. The summed E-state index contributed by atoms with van der Waals surface area (Å²) >= 11 is 0. The van der Waals surface area contributed by atoms with Crippen molar-refractivity contribution in [2.45, 2.75) is 20.0 Å². The monoisotopic (exact) mass is 260 g/mol. The Bertz CT molecular complexity index is 549. The molecule has 2 aromatic carbocycles. The second kappa shape index (κ2) is 5.85. The van der Waals surface area contributed by atoms with E-state index in [1.807, 2.05) is 32.0 Å². The van der Waals surface area contributed by atoms with Crippen molar-refractivity contribution in [2.24, 2.45) is 0 Å². The minimum absolute atomic E-state index is 0.147. The van der Waals surface area contributed by atoms with Crippen LogP contribution in [0.25, 0.3) is 0 Å². The normalized spacial score (nSPS) is 12.2. The molecule has 19 heavy (non-hydrogen) atoms. The Morgan fingerprint density at radius 1 is 1.05 bits per heavy atom. The van der Waals surface area contributed by atoms with Crippen LogP contribution in [-0.2, 0) is 0 Å². The summed E-state index contributed by atoms with van der Waals surface area (Å²) in [5.41, 5.74) is 3.15. The van der Waals surface area contributed by atoms with Crippen molar-refractivity contribution in [3.8, 4) is 5.75 Å². The number of rotatable bonds is 4. The van der Waals surface area contributed by atoms with Gasteiger partial charge in [-0.1, -0.05) is 18.2 Å². The fourth-order valence-electron chi connectivity index (χ4n) is 1.77. The Hall–Kier alpha value is -1.87. The molecule has 0 aromatic heterocycles. The number of aliphatic hydroxyl groups excluding tert-OH is 1. The number of aryl methyl sites for hydroxylation is 2. The number of hydrogen-bond donors (Lipinski definition) is 1. The van der Waals surface area contributed by atoms with E-state index in [-0.39, 0.29) is 12.4 Å². The van der Waals surface area contributed by atoms with E-state index in [9.17, 15) is 9.50 Å². The summed E-state index contributed by atoms with van der Waals surface area (Å²) in [5.74, 6) is 0.242. The van der Waals surface area contributed by atoms with Crippen molar-refractivity contribution >= 4 is 0 Å². The van der Waals surface area contributed by atoms with E-state index >= 15 is 0 Å². The molecule has 0 radical (unpaired) electrons. The number of hydrogen-bond acceptors (Lipinski definition) is 2. The first-order valence-electron chi connectivity index (χ1n) is 6.20. The third-order valence-electron chi connectivity index (χ3n) is 3.14. The van der Waals surface area contributed by atoms with Crippen molar-refractivity contribution < 1.29 is 14.2 Å². The molecular formula is C16H17FO2. The van der Waals surface area contributed by atoms with Crippen molar-refractivity contribution in [3.63, 3.8) is 0 Å². The van der Waals surface area contributed by atoms with Crippen LogP contribution in [0.1, 0.15) is 22.8 Å². The first-order chi connectivity index (χ1) is 9.06. The molecule has 0 aliphatic heterocycles. The van der Waals surface area contributed by atoms with Gasteiger partial charge >= 0.3 is 0 Å². The van der Waals surface area contributed by atoms with E-state index < -0.39 is 6.10 Å². The lowest BCUT2D eigenvalue weighted by atomic mass is 10.0. The summed E-state index contributed by atoms with van der Waals surface area (Å²) in [5, 5.41) is 10.1. The fourth-order valence-corrected chi connectivity index (χ4v) is 1.77. The van der Waals surface area contributed by atoms with Crippen LogP contribution in [0.3, 0.4) is 0 Å². The molecule has 0 fully saturated rings. The highest BCUT2D eigenvalue weighted by molar-refractivity contribution is 5.31. The molecule has 1 atom stereocenters. The van der Waals surface area contributed by atoms with Gasteiger partial charge in [-0.3, -0.25) is 0 Å². The largest absolute Gasteiger partial charge is 0.491 e. The topological polar surface area (TPSA) is 29.5 Å². The van der Waals surface area contributed by atoms with E-state index in [1.54, 1.807) is 12.1 Å². The number of halogens is 1. The van der Waals surface area contributed by atoms with Crippen LogP contribution in [0.15, 0.2) is 42.5 Å². The van der Waals surface area contributed by atoms with Crippen LogP contribution in [0.5, 0.6) is 5.75 Å². The number of benzene rings is 2. The quantitative estimate of drug-likeness (QED) is 0.910. The van der Waals surface area contributed by atoms with E-state index in [2.05, 4.69) is 0 Å². The van der Waals surface area contributed by atoms with Gasteiger partial charge in [0.05, 0.1) is 0 Å². The molecule has 0 aliphatic carbocycles. The summed E-state index contributed by atoms with van der Waals surface area (Å²) in [7, 11) is 0. The molecule has 100 valence electrons. The van der Waals surface area contributed by atoms with E-state index in [0.29, 0.717) is 5.75 Å². The van der Waals surface area contributed by atoms with Crippen LogP contribution in [-0.4, -0.2) is 11.7 Å². The number of aliphatic hydroxyl groups is 1. The zero-order valence-electron chi connectivity index (χ0n) is 11.1. The van der Waals surface area contributed by atoms with Gasteiger partial charge in [0.25, 0.3) is 0 Å². The molecule has 2 aromatic rings. The molecule has 0 aliphatic rings. The molecule has 3 heteroatoms. The molecule has 0 saturated heterocycles. The van der Waals surface area contributed by atoms with E-state index in [4.69, 9.17) is 4.74 Å². The lowest BCUT2D eigenvalue weighted by molar-refractivity contribution is 0.108. The smallest absolute Gasteiger partial charge is 0.123 e. The maximum atomic E-state index is 12.7. The van der Waals surface area contributed by atoms with Gasteiger partial charge < -0.3 is 9.84 Å². The van der Waals surface area contributed by atoms with Crippen LogP contribution in [0.4, 0.5) is 4.39 Å². The molecular weight excluding hydrogens is 243 g/mol. The van der Waals surface area contributed by atoms with Crippen molar-refractivity contribution in [1.82, 2.24) is 0 Å². The Balaban J connectivity index is 1.98. The maximum absolute atomic E-state index is 12.7.